The quantitative estimate of drug-likeness (QED) is 0.806. The first kappa shape index (κ1) is 21.4. The van der Waals surface area contributed by atoms with Crippen LogP contribution in [0.25, 0.3) is 0 Å². The number of benzene rings is 2. The van der Waals surface area contributed by atoms with E-state index in [0.29, 0.717) is 37.5 Å². The molecule has 2 aliphatic heterocycles. The van der Waals surface area contributed by atoms with E-state index in [0.717, 1.165) is 18.8 Å². The van der Waals surface area contributed by atoms with Crippen molar-refractivity contribution in [3.8, 4) is 0 Å². The lowest BCUT2D eigenvalue weighted by Gasteiger charge is -2.31. The molecule has 2 aromatic rings. The van der Waals surface area contributed by atoms with E-state index in [1.807, 2.05) is 47.4 Å². The van der Waals surface area contributed by atoms with E-state index >= 15 is 0 Å². The summed E-state index contributed by atoms with van der Waals surface area (Å²) in [6.07, 6.45) is 2.57. The Hall–Kier alpha value is -2.86. The molecule has 6 nitrogen and oxygen atoms in total. The van der Waals surface area contributed by atoms with Crippen molar-refractivity contribution in [2.24, 2.45) is 5.92 Å². The van der Waals surface area contributed by atoms with Gasteiger partial charge in [0.1, 0.15) is 0 Å². The van der Waals surface area contributed by atoms with E-state index in [9.17, 15) is 9.59 Å². The third kappa shape index (κ3) is 5.07. The van der Waals surface area contributed by atoms with Gasteiger partial charge in [0.2, 0.25) is 5.91 Å². The first-order valence-electron chi connectivity index (χ1n) is 11.2. The van der Waals surface area contributed by atoms with E-state index in [2.05, 4.69) is 41.3 Å². The van der Waals surface area contributed by atoms with E-state index in [1.54, 1.807) is 0 Å². The molecule has 2 saturated heterocycles. The van der Waals surface area contributed by atoms with Crippen molar-refractivity contribution < 1.29 is 9.59 Å². The second kappa shape index (κ2) is 9.52. The zero-order valence-electron chi connectivity index (χ0n) is 18.5. The number of rotatable bonds is 5. The lowest BCUT2D eigenvalue weighted by molar-refractivity contribution is -0.121. The summed E-state index contributed by atoms with van der Waals surface area (Å²) in [5.74, 6) is 0.0424. The van der Waals surface area contributed by atoms with Crippen LogP contribution in [0.4, 0.5) is 11.4 Å². The molecule has 164 valence electrons. The van der Waals surface area contributed by atoms with Gasteiger partial charge in [0.15, 0.2) is 0 Å². The smallest absolute Gasteiger partial charge is 0.253 e. The molecule has 1 N–H and O–H groups in total. The van der Waals surface area contributed by atoms with Gasteiger partial charge in [-0.05, 0) is 69.8 Å². The number of carbonyl (C=O) groups is 2. The van der Waals surface area contributed by atoms with Gasteiger partial charge in [0.25, 0.3) is 5.91 Å². The number of hydrogen-bond acceptors (Lipinski definition) is 4. The van der Waals surface area contributed by atoms with Crippen LogP contribution in [0.15, 0.2) is 54.6 Å². The van der Waals surface area contributed by atoms with Gasteiger partial charge in [0.05, 0.1) is 0 Å². The van der Waals surface area contributed by atoms with Crippen LogP contribution in [0, 0.1) is 5.92 Å². The van der Waals surface area contributed by atoms with Crippen LogP contribution in [-0.2, 0) is 4.79 Å². The van der Waals surface area contributed by atoms with Gasteiger partial charge >= 0.3 is 0 Å². The van der Waals surface area contributed by atoms with E-state index < -0.39 is 0 Å². The number of piperidine rings is 1. The van der Waals surface area contributed by atoms with Crippen LogP contribution < -0.4 is 10.2 Å². The van der Waals surface area contributed by atoms with Crippen molar-refractivity contribution in [3.63, 3.8) is 0 Å². The largest absolute Gasteiger partial charge is 0.370 e. The average molecular weight is 421 g/mol. The minimum absolute atomic E-state index is 0.0494. The number of hydrogen-bond donors (Lipinski definition) is 1. The van der Waals surface area contributed by atoms with Gasteiger partial charge in [-0.3, -0.25) is 9.59 Å². The zero-order chi connectivity index (χ0) is 21.8. The van der Waals surface area contributed by atoms with Crippen LogP contribution in [0.1, 0.15) is 29.6 Å². The highest BCUT2D eigenvalue weighted by Crippen LogP contribution is 2.25. The second-order valence-corrected chi connectivity index (χ2v) is 8.82. The Kier molecular flexibility index (Phi) is 6.56. The van der Waals surface area contributed by atoms with Crippen LogP contribution in [0.3, 0.4) is 0 Å². The van der Waals surface area contributed by atoms with E-state index in [-0.39, 0.29) is 17.7 Å². The van der Waals surface area contributed by atoms with Crippen molar-refractivity contribution in [1.82, 2.24) is 9.80 Å². The third-order valence-corrected chi connectivity index (χ3v) is 6.57. The maximum atomic E-state index is 12.7. The van der Waals surface area contributed by atoms with Crippen LogP contribution in [-0.4, -0.2) is 67.9 Å². The maximum absolute atomic E-state index is 12.7. The molecule has 0 spiro atoms. The summed E-state index contributed by atoms with van der Waals surface area (Å²) in [7, 11) is 4.27. The van der Waals surface area contributed by atoms with Crippen LogP contribution in [0.2, 0.25) is 0 Å². The summed E-state index contributed by atoms with van der Waals surface area (Å²) >= 11 is 0. The van der Waals surface area contributed by atoms with Crippen molar-refractivity contribution in [2.45, 2.75) is 25.3 Å². The molecule has 0 aliphatic carbocycles. The van der Waals surface area contributed by atoms with Gasteiger partial charge in [-0.2, -0.15) is 0 Å². The Morgan fingerprint density at radius 1 is 0.903 bits per heavy atom. The summed E-state index contributed by atoms with van der Waals surface area (Å²) < 4.78 is 0. The summed E-state index contributed by atoms with van der Waals surface area (Å²) in [6, 6.07) is 18.1. The maximum Gasteiger partial charge on any atom is 0.253 e. The number of nitrogens with zero attached hydrogens (tertiary/aromatic N) is 3. The SMILES string of the molecule is CN(C)C1CCN(c2ccc(NC(=O)C3CCN(C(=O)c4ccccc4)CC3)cc2)C1. The molecule has 0 aromatic heterocycles. The van der Waals surface area contributed by atoms with E-state index in [1.165, 1.54) is 12.1 Å². The average Bonchev–Trinajstić information content (AvgIpc) is 3.30. The lowest BCUT2D eigenvalue weighted by Crippen LogP contribution is -2.41. The molecule has 6 heteroatoms. The minimum Gasteiger partial charge on any atom is -0.370 e. The molecular formula is C25H32N4O2. The van der Waals surface area contributed by atoms with Gasteiger partial charge in [-0.25, -0.2) is 0 Å². The first-order chi connectivity index (χ1) is 15.0. The number of amides is 2. The topological polar surface area (TPSA) is 55.9 Å². The highest BCUT2D eigenvalue weighted by molar-refractivity contribution is 5.95. The Balaban J connectivity index is 1.27. The van der Waals surface area contributed by atoms with E-state index in [4.69, 9.17) is 0 Å². The fraction of sp³-hybridized carbons (Fsp3) is 0.440. The highest BCUT2D eigenvalue weighted by atomic mass is 16.2. The number of anilines is 2. The highest BCUT2D eigenvalue weighted by Gasteiger charge is 2.28. The van der Waals surface area contributed by atoms with Crippen molar-refractivity contribution in [1.29, 1.82) is 0 Å². The monoisotopic (exact) mass is 420 g/mol. The molecule has 2 amide bonds. The Morgan fingerprint density at radius 3 is 2.19 bits per heavy atom. The molecule has 1 atom stereocenters. The van der Waals surface area contributed by atoms with Crippen molar-refractivity contribution in [3.05, 3.63) is 60.2 Å². The zero-order valence-corrected chi connectivity index (χ0v) is 18.5. The molecule has 1 unspecified atom stereocenters. The fourth-order valence-electron chi connectivity index (χ4n) is 4.51. The first-order valence-corrected chi connectivity index (χ1v) is 11.2. The molecule has 0 radical (unpaired) electrons. The Morgan fingerprint density at radius 2 is 1.58 bits per heavy atom. The number of carbonyl (C=O) groups excluding carboxylic acids is 2. The normalized spacial score (nSPS) is 19.6. The van der Waals surface area contributed by atoms with Crippen molar-refractivity contribution >= 4 is 23.2 Å². The number of likely N-dealkylation sites (N-methyl/N-ethyl adjacent to an activating group) is 1. The Labute approximate surface area is 184 Å². The predicted molar refractivity (Wildman–Crippen MR) is 124 cm³/mol. The lowest BCUT2D eigenvalue weighted by atomic mass is 9.95. The second-order valence-electron chi connectivity index (χ2n) is 8.82. The summed E-state index contributed by atoms with van der Waals surface area (Å²) in [5, 5.41) is 3.06. The Bertz CT molecular complexity index is 889. The number of likely N-dealkylation sites (tertiary alicyclic amines) is 1. The van der Waals surface area contributed by atoms with Crippen molar-refractivity contribution in [2.75, 3.05) is 50.5 Å². The summed E-state index contributed by atoms with van der Waals surface area (Å²) in [5.41, 5.74) is 2.75. The molecule has 2 heterocycles. The minimum atomic E-state index is -0.0565. The number of nitrogens with one attached hydrogen (secondary N) is 1. The predicted octanol–water partition coefficient (Wildman–Crippen LogP) is 3.32. The molecule has 2 aromatic carbocycles. The van der Waals surface area contributed by atoms with Gasteiger partial charge in [0, 0.05) is 55.1 Å². The molecule has 0 bridgehead atoms. The van der Waals surface area contributed by atoms with Crippen LogP contribution in [0.5, 0.6) is 0 Å². The molecule has 31 heavy (non-hydrogen) atoms. The molecule has 2 fully saturated rings. The van der Waals surface area contributed by atoms with Gasteiger partial charge < -0.3 is 20.0 Å². The van der Waals surface area contributed by atoms with Gasteiger partial charge in [-0.15, -0.1) is 0 Å². The molecular weight excluding hydrogens is 388 g/mol. The summed E-state index contributed by atoms with van der Waals surface area (Å²) in [4.78, 5) is 31.9. The molecule has 4 rings (SSSR count). The molecule has 2 aliphatic rings. The van der Waals surface area contributed by atoms with Gasteiger partial charge in [-0.1, -0.05) is 18.2 Å². The van der Waals surface area contributed by atoms with Crippen LogP contribution >= 0.6 is 0 Å². The molecule has 0 saturated carbocycles. The standard InChI is InChI=1S/C25H32N4O2/c1-27(2)23-14-17-29(18-23)22-10-8-21(9-11-22)26-24(30)19-12-15-28(16-13-19)25(31)20-6-4-3-5-7-20/h3-11,19,23H,12-18H2,1-2H3,(H,26,30). The third-order valence-electron chi connectivity index (χ3n) is 6.57. The summed E-state index contributed by atoms with van der Waals surface area (Å²) in [6.45, 7) is 3.34. The fourth-order valence-corrected chi connectivity index (χ4v) is 4.51.